The number of hydrogen-bond acceptors (Lipinski definition) is 18. The molecule has 8 N–H and O–H groups in total. The van der Waals surface area contributed by atoms with Crippen LogP contribution in [0.1, 0.15) is 73.7 Å². The van der Waals surface area contributed by atoms with Gasteiger partial charge in [0.05, 0.1) is 23.7 Å². The van der Waals surface area contributed by atoms with E-state index in [0.29, 0.717) is 5.57 Å². The van der Waals surface area contributed by atoms with E-state index in [1.807, 2.05) is 0 Å². The molecule has 8 rings (SSSR count). The number of epoxide rings is 1. The van der Waals surface area contributed by atoms with Crippen LogP contribution in [0.4, 0.5) is 5.69 Å². The first-order chi connectivity index (χ1) is 30.7. The molecule has 5 aliphatic rings. The summed E-state index contributed by atoms with van der Waals surface area (Å²) in [7, 11) is 0. The Kier molecular flexibility index (Phi) is 11.1. The van der Waals surface area contributed by atoms with Crippen LogP contribution >= 0.6 is 0 Å². The molecule has 2 saturated heterocycles. The fraction of sp³-hybridized carbons (Fsp3) is 0.348. The SMILES string of the molecule is CC(=O)O[C@@H]1[C@@H](C)O[C@@H](c2ccc3c(c2O)C(O)C24OC2(C3=O)C2(O)C(=O)C=C(C)CC2(O)CC4O)C[C@H]1OC(=O)/C=C/C=C/C=C/C=C/C(=O)Nc1c(O)c2ccc(O)cc2oc1=O. The van der Waals surface area contributed by atoms with Crippen molar-refractivity contribution in [1.29, 1.82) is 0 Å². The van der Waals surface area contributed by atoms with Gasteiger partial charge in [-0.15, -0.1) is 0 Å². The van der Waals surface area contributed by atoms with E-state index in [0.717, 1.165) is 31.2 Å². The number of fused-ring (bicyclic) bond motifs is 3. The number of aromatic hydroxyl groups is 3. The molecular weight excluding hydrogens is 854 g/mol. The maximum atomic E-state index is 14.4. The summed E-state index contributed by atoms with van der Waals surface area (Å²) in [6, 6.07) is 6.25. The van der Waals surface area contributed by atoms with E-state index in [-0.39, 0.29) is 46.3 Å². The molecule has 0 spiro atoms. The number of esters is 2. The first kappa shape index (κ1) is 44.9. The average Bonchev–Trinajstić information content (AvgIpc) is 3.97. The number of ketones is 2. The number of aliphatic hydroxyl groups excluding tert-OH is 2. The highest BCUT2D eigenvalue weighted by molar-refractivity contribution is 6.17. The van der Waals surface area contributed by atoms with Crippen molar-refractivity contribution in [3.63, 3.8) is 0 Å². The Hall–Kier alpha value is -6.74. The van der Waals surface area contributed by atoms with Crippen LogP contribution in [0, 0.1) is 0 Å². The molecule has 3 aromatic rings. The van der Waals surface area contributed by atoms with Crippen molar-refractivity contribution in [2.75, 3.05) is 5.32 Å². The van der Waals surface area contributed by atoms with Gasteiger partial charge in [-0.3, -0.25) is 19.2 Å². The van der Waals surface area contributed by atoms with Crippen molar-refractivity contribution in [1.82, 2.24) is 0 Å². The van der Waals surface area contributed by atoms with Gasteiger partial charge in [0.25, 0.3) is 0 Å². The van der Waals surface area contributed by atoms with Gasteiger partial charge >= 0.3 is 17.6 Å². The van der Waals surface area contributed by atoms with E-state index >= 15 is 0 Å². The Bertz CT molecular complexity index is 2780. The van der Waals surface area contributed by atoms with Crippen molar-refractivity contribution in [3.05, 3.63) is 118 Å². The number of hydrogen-bond donors (Lipinski definition) is 8. The lowest BCUT2D eigenvalue weighted by molar-refractivity contribution is -0.210. The highest BCUT2D eigenvalue weighted by atomic mass is 16.7. The Labute approximate surface area is 367 Å². The van der Waals surface area contributed by atoms with E-state index < -0.39 is 118 Å². The van der Waals surface area contributed by atoms with Gasteiger partial charge in [-0.25, -0.2) is 9.59 Å². The summed E-state index contributed by atoms with van der Waals surface area (Å²) in [5, 5.41) is 81.0. The van der Waals surface area contributed by atoms with Crippen LogP contribution in [0.15, 0.2) is 99.8 Å². The molecule has 3 fully saturated rings. The fourth-order valence-electron chi connectivity index (χ4n) is 9.75. The van der Waals surface area contributed by atoms with Crippen LogP contribution in [0.2, 0.25) is 0 Å². The number of anilines is 1. The maximum absolute atomic E-state index is 14.4. The summed E-state index contributed by atoms with van der Waals surface area (Å²) in [6.07, 6.45) is 2.65. The van der Waals surface area contributed by atoms with Gasteiger partial charge < -0.3 is 64.4 Å². The van der Waals surface area contributed by atoms with E-state index in [1.54, 1.807) is 6.92 Å². The molecule has 19 nitrogen and oxygen atoms in total. The molecule has 6 unspecified atom stereocenters. The Morgan fingerprint density at radius 3 is 2.31 bits per heavy atom. The number of amides is 1. The first-order valence-corrected chi connectivity index (χ1v) is 20.3. The zero-order chi connectivity index (χ0) is 47.0. The largest absolute Gasteiger partial charge is 0.508 e. The van der Waals surface area contributed by atoms with E-state index in [1.165, 1.54) is 67.6 Å². The molecule has 3 aliphatic carbocycles. The van der Waals surface area contributed by atoms with Crippen LogP contribution in [-0.4, -0.2) is 112 Å². The minimum absolute atomic E-state index is 0.0123. The molecule has 1 aromatic heterocycles. The lowest BCUT2D eigenvalue weighted by Gasteiger charge is -2.54. The summed E-state index contributed by atoms with van der Waals surface area (Å²) in [5.41, 5.74) is -12.0. The number of carbonyl (C=O) groups is 5. The standard InChI is InChI=1S/C46H43NO18/c1-21-16-31(50)45(60)43(59,19-21)20-32(51)44-41(57)35-27(40(56)46(44,45)65-44)15-14-25(37(35)54)29-18-30(39(22(2)61-29)62-23(3)48)63-34(53)11-9-7-5-4-6-8-10-33(52)47-36-38(55)26-13-12-24(49)17-28(26)64-42(36)58/h4-17,22,29-30,32,39,41,49,51,54-55,57,59-60H,18-20H2,1-3H3,(H,47,52)/b6-4+,7-5+,10-8+,11-9+/t22-,29-,30-,32?,39-,41?,43?,44?,45?,46?/m1/s1. The highest BCUT2D eigenvalue weighted by Crippen LogP contribution is 2.73. The fourth-order valence-corrected chi connectivity index (χ4v) is 9.75. The second-order valence-electron chi connectivity index (χ2n) is 16.7. The number of benzene rings is 2. The molecule has 0 bridgehead atoms. The summed E-state index contributed by atoms with van der Waals surface area (Å²) in [4.78, 5) is 77.6. The molecule has 340 valence electrons. The molecule has 0 radical (unpaired) electrons. The molecule has 19 heteroatoms. The van der Waals surface area contributed by atoms with Crippen molar-refractivity contribution < 1.29 is 83.1 Å². The van der Waals surface area contributed by atoms with Crippen molar-refractivity contribution in [3.8, 4) is 17.2 Å². The monoisotopic (exact) mass is 897 g/mol. The number of phenols is 2. The maximum Gasteiger partial charge on any atom is 0.364 e. The highest BCUT2D eigenvalue weighted by Gasteiger charge is 2.96. The van der Waals surface area contributed by atoms with Gasteiger partial charge in [0.1, 0.15) is 34.9 Å². The number of ether oxygens (including phenoxy) is 4. The van der Waals surface area contributed by atoms with Gasteiger partial charge in [0.2, 0.25) is 17.3 Å². The third-order valence-electron chi connectivity index (χ3n) is 12.6. The third-order valence-corrected chi connectivity index (χ3v) is 12.6. The Morgan fingerprint density at radius 2 is 1.60 bits per heavy atom. The second-order valence-corrected chi connectivity index (χ2v) is 16.7. The number of phenolic OH excluding ortho intramolecular Hbond substituents is 2. The Morgan fingerprint density at radius 1 is 0.908 bits per heavy atom. The summed E-state index contributed by atoms with van der Waals surface area (Å²) < 4.78 is 28.2. The predicted octanol–water partition coefficient (Wildman–Crippen LogP) is 2.35. The minimum Gasteiger partial charge on any atom is -0.508 e. The van der Waals surface area contributed by atoms with Gasteiger partial charge in [-0.05, 0) is 32.1 Å². The van der Waals surface area contributed by atoms with E-state index in [9.17, 15) is 64.5 Å². The zero-order valence-corrected chi connectivity index (χ0v) is 34.8. The van der Waals surface area contributed by atoms with E-state index in [2.05, 4.69) is 5.32 Å². The van der Waals surface area contributed by atoms with Crippen LogP contribution in [0.25, 0.3) is 11.0 Å². The smallest absolute Gasteiger partial charge is 0.364 e. The predicted molar refractivity (Wildman–Crippen MR) is 222 cm³/mol. The first-order valence-electron chi connectivity index (χ1n) is 20.3. The number of Topliss-reactive ketones (excluding diaryl/α,β-unsaturated/α-hetero) is 1. The quantitative estimate of drug-likeness (QED) is 0.0502. The van der Waals surface area contributed by atoms with Gasteiger partial charge in [-0.1, -0.05) is 54.2 Å². The number of aliphatic hydroxyl groups is 4. The van der Waals surface area contributed by atoms with E-state index in [4.69, 9.17) is 23.4 Å². The normalized spacial score (nSPS) is 32.8. The second kappa shape index (κ2) is 16.1. The number of allylic oxidation sites excluding steroid dienone is 6. The molecule has 2 aliphatic heterocycles. The lowest BCUT2D eigenvalue weighted by Crippen LogP contribution is -2.78. The molecule has 1 amide bonds. The molecular formula is C46H43NO18. The third kappa shape index (κ3) is 6.89. The van der Waals surface area contributed by atoms with Gasteiger partial charge in [0, 0.05) is 61.1 Å². The van der Waals surface area contributed by atoms with Gasteiger partial charge in [0.15, 0.2) is 34.5 Å². The number of rotatable bonds is 9. The number of carbonyl (C=O) groups excluding carboxylic acids is 5. The van der Waals surface area contributed by atoms with Gasteiger partial charge in [-0.2, -0.15) is 0 Å². The molecule has 3 heterocycles. The zero-order valence-electron chi connectivity index (χ0n) is 34.8. The van der Waals surface area contributed by atoms with Crippen molar-refractivity contribution in [2.24, 2.45) is 0 Å². The summed E-state index contributed by atoms with van der Waals surface area (Å²) in [5.74, 6) is -5.76. The minimum atomic E-state index is -2.88. The molecule has 10 atom stereocenters. The lowest BCUT2D eigenvalue weighted by atomic mass is 9.50. The van der Waals surface area contributed by atoms with Crippen LogP contribution < -0.4 is 10.9 Å². The van der Waals surface area contributed by atoms with Crippen molar-refractivity contribution in [2.45, 2.75) is 99.1 Å². The average molecular weight is 898 g/mol. The topological polar surface area (TPSA) is 309 Å². The molecule has 65 heavy (non-hydrogen) atoms. The van der Waals surface area contributed by atoms with Crippen LogP contribution in [0.5, 0.6) is 17.2 Å². The number of nitrogens with one attached hydrogen (secondary N) is 1. The summed E-state index contributed by atoms with van der Waals surface area (Å²) in [6.45, 7) is 4.24. The molecule has 1 saturated carbocycles. The van der Waals surface area contributed by atoms with Crippen LogP contribution in [-0.2, 0) is 38.1 Å². The Balaban J connectivity index is 0.945. The van der Waals surface area contributed by atoms with Crippen molar-refractivity contribution >= 4 is 46.1 Å². The summed E-state index contributed by atoms with van der Waals surface area (Å²) >= 11 is 0. The molecule has 2 aromatic carbocycles. The van der Waals surface area contributed by atoms with Crippen LogP contribution in [0.3, 0.4) is 0 Å².